The number of ether oxygens (including phenoxy) is 1. The Morgan fingerprint density at radius 1 is 1.36 bits per heavy atom. The van der Waals surface area contributed by atoms with E-state index in [4.69, 9.17) is 4.74 Å². The lowest BCUT2D eigenvalue weighted by atomic mass is 10.1. The van der Waals surface area contributed by atoms with Crippen molar-refractivity contribution in [3.63, 3.8) is 0 Å². The summed E-state index contributed by atoms with van der Waals surface area (Å²) in [7, 11) is 0. The van der Waals surface area contributed by atoms with E-state index in [1.807, 2.05) is 28.8 Å². The molecule has 8 heteroatoms. The van der Waals surface area contributed by atoms with Crippen LogP contribution in [-0.2, 0) is 4.74 Å². The van der Waals surface area contributed by atoms with Crippen LogP contribution in [0.15, 0.2) is 12.3 Å². The van der Waals surface area contributed by atoms with Crippen LogP contribution in [0, 0.1) is 0 Å². The minimum Gasteiger partial charge on any atom is -0.380 e. The number of halogens is 1. The summed E-state index contributed by atoms with van der Waals surface area (Å²) in [6.07, 6.45) is 4.24. The first kappa shape index (κ1) is 20.2. The maximum absolute atomic E-state index is 12.7. The Labute approximate surface area is 156 Å². The molecule has 1 N–H and O–H groups in total. The average Bonchev–Trinajstić information content (AvgIpc) is 3.13. The normalized spacial score (nSPS) is 21.8. The number of nitrogens with zero attached hydrogens (tertiary/aromatic N) is 4. The fourth-order valence-electron chi connectivity index (χ4n) is 3.39. The zero-order valence-corrected chi connectivity index (χ0v) is 15.8. The van der Waals surface area contributed by atoms with Crippen molar-refractivity contribution in [2.45, 2.75) is 25.8 Å². The van der Waals surface area contributed by atoms with Gasteiger partial charge in [-0.05, 0) is 32.4 Å². The highest BCUT2D eigenvalue weighted by atomic mass is 35.5. The van der Waals surface area contributed by atoms with E-state index in [1.165, 1.54) is 0 Å². The topological polar surface area (TPSA) is 62.6 Å². The third-order valence-electron chi connectivity index (χ3n) is 4.89. The van der Waals surface area contributed by atoms with Crippen molar-refractivity contribution in [3.8, 4) is 0 Å². The summed E-state index contributed by atoms with van der Waals surface area (Å²) < 4.78 is 7.36. The molecule has 0 radical (unpaired) electrons. The van der Waals surface area contributed by atoms with Gasteiger partial charge >= 0.3 is 0 Å². The minimum atomic E-state index is 0. The van der Waals surface area contributed by atoms with Gasteiger partial charge in [0.2, 0.25) is 0 Å². The number of hydrogen-bond donors (Lipinski definition) is 1. The molecule has 0 saturated carbocycles. The summed E-state index contributed by atoms with van der Waals surface area (Å²) in [6, 6.07) is 2.23. The van der Waals surface area contributed by atoms with E-state index >= 15 is 0 Å². The van der Waals surface area contributed by atoms with Gasteiger partial charge in [-0.2, -0.15) is 5.10 Å². The Morgan fingerprint density at radius 3 is 2.84 bits per heavy atom. The van der Waals surface area contributed by atoms with Crippen LogP contribution < -0.4 is 5.32 Å². The molecule has 2 aliphatic heterocycles. The number of aromatic nitrogens is 2. The van der Waals surface area contributed by atoms with Crippen molar-refractivity contribution in [2.75, 3.05) is 59.0 Å². The van der Waals surface area contributed by atoms with Gasteiger partial charge in [-0.3, -0.25) is 14.4 Å². The van der Waals surface area contributed by atoms with Gasteiger partial charge < -0.3 is 15.0 Å². The molecule has 3 heterocycles. The molecule has 2 saturated heterocycles. The first-order valence-corrected chi connectivity index (χ1v) is 9.13. The Balaban J connectivity index is 0.00000225. The van der Waals surface area contributed by atoms with Crippen LogP contribution in [0.2, 0.25) is 0 Å². The van der Waals surface area contributed by atoms with E-state index in [0.717, 1.165) is 71.9 Å². The van der Waals surface area contributed by atoms with Crippen LogP contribution in [-0.4, -0.2) is 84.5 Å². The molecule has 2 fully saturated rings. The van der Waals surface area contributed by atoms with Crippen LogP contribution in [0.1, 0.15) is 36.3 Å². The van der Waals surface area contributed by atoms with E-state index in [1.54, 1.807) is 0 Å². The molecule has 142 valence electrons. The SMILES string of the molecule is CCOCCN1CCN(C(=O)c2ccn(C3CCCNC3)n2)CC1.Cl. The van der Waals surface area contributed by atoms with E-state index in [0.29, 0.717) is 11.7 Å². The third-order valence-corrected chi connectivity index (χ3v) is 4.89. The summed E-state index contributed by atoms with van der Waals surface area (Å²) in [6.45, 7) is 9.86. The number of carbonyl (C=O) groups is 1. The zero-order valence-electron chi connectivity index (χ0n) is 15.0. The maximum Gasteiger partial charge on any atom is 0.274 e. The summed E-state index contributed by atoms with van der Waals surface area (Å²) in [4.78, 5) is 16.9. The standard InChI is InChI=1S/C17H29N5O2.ClH/c1-2-24-13-12-20-8-10-21(11-9-20)17(23)16-5-7-22(19-16)15-4-3-6-18-14-15;/h5,7,15,18H,2-4,6,8-14H2,1H3;1H. The number of piperidine rings is 1. The number of amides is 1. The molecule has 2 aliphatic rings. The molecule has 1 aromatic heterocycles. The second kappa shape index (κ2) is 10.1. The predicted octanol–water partition coefficient (Wildman–Crippen LogP) is 1.02. The average molecular weight is 372 g/mol. The molecule has 0 aromatic carbocycles. The van der Waals surface area contributed by atoms with Gasteiger partial charge in [-0.1, -0.05) is 0 Å². The second-order valence-electron chi connectivity index (χ2n) is 6.51. The quantitative estimate of drug-likeness (QED) is 0.756. The van der Waals surface area contributed by atoms with Crippen molar-refractivity contribution in [1.82, 2.24) is 24.9 Å². The van der Waals surface area contributed by atoms with Crippen LogP contribution in [0.25, 0.3) is 0 Å². The number of nitrogens with one attached hydrogen (secondary N) is 1. The van der Waals surface area contributed by atoms with Crippen molar-refractivity contribution in [3.05, 3.63) is 18.0 Å². The van der Waals surface area contributed by atoms with Gasteiger partial charge in [-0.15, -0.1) is 12.4 Å². The fourth-order valence-corrected chi connectivity index (χ4v) is 3.39. The van der Waals surface area contributed by atoms with Gasteiger partial charge in [0.05, 0.1) is 12.6 Å². The smallest absolute Gasteiger partial charge is 0.274 e. The van der Waals surface area contributed by atoms with Crippen LogP contribution >= 0.6 is 12.4 Å². The lowest BCUT2D eigenvalue weighted by molar-refractivity contribution is 0.0559. The Bertz CT molecular complexity index is 525. The first-order valence-electron chi connectivity index (χ1n) is 9.13. The number of hydrogen-bond acceptors (Lipinski definition) is 5. The van der Waals surface area contributed by atoms with Gasteiger partial charge in [0, 0.05) is 52.1 Å². The highest BCUT2D eigenvalue weighted by Gasteiger charge is 2.24. The van der Waals surface area contributed by atoms with Crippen LogP contribution in [0.4, 0.5) is 0 Å². The number of piperazine rings is 1. The second-order valence-corrected chi connectivity index (χ2v) is 6.51. The maximum atomic E-state index is 12.7. The van der Waals surface area contributed by atoms with Gasteiger partial charge in [-0.25, -0.2) is 0 Å². The van der Waals surface area contributed by atoms with E-state index < -0.39 is 0 Å². The fraction of sp³-hybridized carbons (Fsp3) is 0.765. The lowest BCUT2D eigenvalue weighted by Crippen LogP contribution is -2.49. The molecule has 7 nitrogen and oxygen atoms in total. The number of rotatable bonds is 6. The summed E-state index contributed by atoms with van der Waals surface area (Å²) >= 11 is 0. The monoisotopic (exact) mass is 371 g/mol. The van der Waals surface area contributed by atoms with Gasteiger partial charge in [0.15, 0.2) is 0 Å². The number of carbonyl (C=O) groups excluding carboxylic acids is 1. The largest absolute Gasteiger partial charge is 0.380 e. The Hall–Kier alpha value is -1.15. The molecule has 0 aliphatic carbocycles. The molecule has 3 rings (SSSR count). The molecule has 1 aromatic rings. The van der Waals surface area contributed by atoms with Gasteiger partial charge in [0.25, 0.3) is 5.91 Å². The Kier molecular flexibility index (Phi) is 8.15. The highest BCUT2D eigenvalue weighted by Crippen LogP contribution is 2.16. The molecule has 0 spiro atoms. The molecule has 1 unspecified atom stereocenters. The summed E-state index contributed by atoms with van der Waals surface area (Å²) in [5.41, 5.74) is 0.573. The molecular formula is C17H30ClN5O2. The van der Waals surface area contributed by atoms with Crippen molar-refractivity contribution < 1.29 is 9.53 Å². The van der Waals surface area contributed by atoms with Crippen LogP contribution in [0.3, 0.4) is 0 Å². The van der Waals surface area contributed by atoms with Gasteiger partial charge in [0.1, 0.15) is 5.69 Å². The lowest BCUT2D eigenvalue weighted by Gasteiger charge is -2.34. The molecule has 1 atom stereocenters. The predicted molar refractivity (Wildman–Crippen MR) is 99.5 cm³/mol. The third kappa shape index (κ3) is 5.41. The van der Waals surface area contributed by atoms with Crippen molar-refractivity contribution >= 4 is 18.3 Å². The van der Waals surface area contributed by atoms with E-state index in [9.17, 15) is 4.79 Å². The molecular weight excluding hydrogens is 342 g/mol. The zero-order chi connectivity index (χ0) is 16.8. The molecule has 0 bridgehead atoms. The minimum absolute atomic E-state index is 0. The summed E-state index contributed by atoms with van der Waals surface area (Å²) in [5.74, 6) is 0.0574. The van der Waals surface area contributed by atoms with E-state index in [-0.39, 0.29) is 18.3 Å². The van der Waals surface area contributed by atoms with Crippen LogP contribution in [0.5, 0.6) is 0 Å². The highest BCUT2D eigenvalue weighted by molar-refractivity contribution is 5.92. The molecule has 1 amide bonds. The van der Waals surface area contributed by atoms with E-state index in [2.05, 4.69) is 15.3 Å². The van der Waals surface area contributed by atoms with Crippen molar-refractivity contribution in [1.29, 1.82) is 0 Å². The Morgan fingerprint density at radius 2 is 2.16 bits per heavy atom. The first-order chi connectivity index (χ1) is 11.8. The summed E-state index contributed by atoms with van der Waals surface area (Å²) in [5, 5.41) is 7.93. The van der Waals surface area contributed by atoms with Crippen molar-refractivity contribution in [2.24, 2.45) is 0 Å². The molecule has 25 heavy (non-hydrogen) atoms.